The highest BCUT2D eigenvalue weighted by atomic mass is 32.1. The van der Waals surface area contributed by atoms with E-state index in [-0.39, 0.29) is 6.61 Å². The number of hydrogen-bond donors (Lipinski definition) is 1. The van der Waals surface area contributed by atoms with Gasteiger partial charge in [-0.25, -0.2) is 0 Å². The molecule has 0 atom stereocenters. The largest absolute Gasteiger partial charge is 0.396 e. The van der Waals surface area contributed by atoms with Crippen LogP contribution in [0.5, 0.6) is 0 Å². The van der Waals surface area contributed by atoms with Crippen molar-refractivity contribution in [1.29, 1.82) is 0 Å². The van der Waals surface area contributed by atoms with Gasteiger partial charge in [-0.2, -0.15) is 0 Å². The predicted octanol–water partition coefficient (Wildman–Crippen LogP) is 1.57. The smallest absolute Gasteiger partial charge is 0.0779 e. The van der Waals surface area contributed by atoms with Crippen molar-refractivity contribution in [2.45, 2.75) is 32.1 Å². The number of rotatable bonds is 3. The summed E-state index contributed by atoms with van der Waals surface area (Å²) in [4.78, 5) is 3.35. The van der Waals surface area contributed by atoms with E-state index in [0.717, 1.165) is 30.9 Å². The molecule has 12 heavy (non-hydrogen) atoms. The van der Waals surface area contributed by atoms with E-state index >= 15 is 0 Å². The number of thiocarbonyl (C=S) groups is 1. The fraction of sp³-hybridized carbons (Fsp3) is 0.889. The molecule has 70 valence electrons. The zero-order valence-corrected chi connectivity index (χ0v) is 8.28. The first-order valence-corrected chi connectivity index (χ1v) is 5.14. The third-order valence-corrected chi connectivity index (χ3v) is 2.72. The van der Waals surface area contributed by atoms with Crippen LogP contribution in [0.4, 0.5) is 0 Å². The maximum atomic E-state index is 8.68. The Balaban J connectivity index is 2.31. The van der Waals surface area contributed by atoms with E-state index in [1.54, 1.807) is 0 Å². The van der Waals surface area contributed by atoms with Gasteiger partial charge in [0.25, 0.3) is 0 Å². The second-order valence-electron chi connectivity index (χ2n) is 3.27. The second kappa shape index (κ2) is 5.49. The number of aliphatic hydroxyl groups excluding tert-OH is 1. The van der Waals surface area contributed by atoms with E-state index in [2.05, 4.69) is 4.90 Å². The van der Waals surface area contributed by atoms with Crippen molar-refractivity contribution in [2.24, 2.45) is 0 Å². The minimum Gasteiger partial charge on any atom is -0.396 e. The van der Waals surface area contributed by atoms with E-state index in [1.165, 1.54) is 19.3 Å². The Morgan fingerprint density at radius 3 is 2.92 bits per heavy atom. The molecular formula is C9H17NOS. The Morgan fingerprint density at radius 2 is 2.17 bits per heavy atom. The van der Waals surface area contributed by atoms with Crippen LogP contribution < -0.4 is 0 Å². The lowest BCUT2D eigenvalue weighted by Crippen LogP contribution is -2.30. The zero-order chi connectivity index (χ0) is 8.81. The molecule has 0 aromatic carbocycles. The standard InChI is InChI=1S/C9H17NOS/c11-8-4-7-10-6-3-1-2-5-9(10)12/h11H,1-8H2. The second-order valence-corrected chi connectivity index (χ2v) is 3.74. The molecule has 0 saturated carbocycles. The molecule has 1 aliphatic rings. The van der Waals surface area contributed by atoms with Gasteiger partial charge in [-0.15, -0.1) is 0 Å². The van der Waals surface area contributed by atoms with Crippen LogP contribution in [-0.2, 0) is 0 Å². The fourth-order valence-electron chi connectivity index (χ4n) is 1.54. The first-order chi connectivity index (χ1) is 5.84. The number of nitrogens with zero attached hydrogens (tertiary/aromatic N) is 1. The number of hydrogen-bond acceptors (Lipinski definition) is 2. The maximum absolute atomic E-state index is 8.68. The normalized spacial score (nSPS) is 19.4. The van der Waals surface area contributed by atoms with Crippen LogP contribution in [0.2, 0.25) is 0 Å². The van der Waals surface area contributed by atoms with Crippen LogP contribution in [0.25, 0.3) is 0 Å². The van der Waals surface area contributed by atoms with Crippen molar-refractivity contribution in [1.82, 2.24) is 4.90 Å². The van der Waals surface area contributed by atoms with Gasteiger partial charge in [0.1, 0.15) is 0 Å². The van der Waals surface area contributed by atoms with E-state index in [1.807, 2.05) is 0 Å². The average molecular weight is 187 g/mol. The SMILES string of the molecule is OCCCN1CCCCCC1=S. The van der Waals surface area contributed by atoms with Crippen LogP contribution >= 0.6 is 12.2 Å². The monoisotopic (exact) mass is 187 g/mol. The van der Waals surface area contributed by atoms with Gasteiger partial charge in [0, 0.05) is 19.7 Å². The quantitative estimate of drug-likeness (QED) is 0.678. The molecule has 1 heterocycles. The maximum Gasteiger partial charge on any atom is 0.0779 e. The Hall–Kier alpha value is -0.150. The first kappa shape index (κ1) is 9.93. The van der Waals surface area contributed by atoms with Gasteiger partial charge in [0.05, 0.1) is 4.99 Å². The molecule has 0 radical (unpaired) electrons. The summed E-state index contributed by atoms with van der Waals surface area (Å²) in [5.74, 6) is 0. The molecule has 1 aliphatic heterocycles. The van der Waals surface area contributed by atoms with Gasteiger partial charge < -0.3 is 10.0 Å². The van der Waals surface area contributed by atoms with Gasteiger partial charge in [-0.3, -0.25) is 0 Å². The molecular weight excluding hydrogens is 170 g/mol. The number of aliphatic hydroxyl groups is 1. The molecule has 0 amide bonds. The molecule has 0 bridgehead atoms. The van der Waals surface area contributed by atoms with Crippen LogP contribution in [-0.4, -0.2) is 34.7 Å². The van der Waals surface area contributed by atoms with E-state index < -0.39 is 0 Å². The molecule has 1 fully saturated rings. The molecule has 0 spiro atoms. The van der Waals surface area contributed by atoms with Crippen molar-refractivity contribution < 1.29 is 5.11 Å². The number of likely N-dealkylation sites (tertiary alicyclic amines) is 1. The topological polar surface area (TPSA) is 23.5 Å². The van der Waals surface area contributed by atoms with Crippen molar-refractivity contribution in [3.8, 4) is 0 Å². The summed E-state index contributed by atoms with van der Waals surface area (Å²) >= 11 is 5.27. The fourth-order valence-corrected chi connectivity index (χ4v) is 1.86. The highest BCUT2D eigenvalue weighted by molar-refractivity contribution is 7.80. The van der Waals surface area contributed by atoms with Crippen LogP contribution in [0.1, 0.15) is 32.1 Å². The molecule has 0 aromatic rings. The molecule has 1 rings (SSSR count). The molecule has 0 unspecified atom stereocenters. The van der Waals surface area contributed by atoms with Crippen molar-refractivity contribution >= 4 is 17.2 Å². The summed E-state index contributed by atoms with van der Waals surface area (Å²) in [6.07, 6.45) is 5.72. The summed E-state index contributed by atoms with van der Waals surface area (Å²) in [7, 11) is 0. The average Bonchev–Trinajstić information content (AvgIpc) is 2.27. The van der Waals surface area contributed by atoms with E-state index in [0.29, 0.717) is 0 Å². The summed E-state index contributed by atoms with van der Waals surface area (Å²) < 4.78 is 0. The predicted molar refractivity (Wildman–Crippen MR) is 54.3 cm³/mol. The van der Waals surface area contributed by atoms with Gasteiger partial charge in [-0.05, 0) is 25.7 Å². The molecule has 2 nitrogen and oxygen atoms in total. The van der Waals surface area contributed by atoms with Gasteiger partial charge >= 0.3 is 0 Å². The van der Waals surface area contributed by atoms with Gasteiger partial charge in [0.15, 0.2) is 0 Å². The Kier molecular flexibility index (Phi) is 4.54. The summed E-state index contributed by atoms with van der Waals surface area (Å²) in [5.41, 5.74) is 0. The lowest BCUT2D eigenvalue weighted by Gasteiger charge is -2.22. The lowest BCUT2D eigenvalue weighted by molar-refractivity contribution is 0.267. The molecule has 0 aliphatic carbocycles. The van der Waals surface area contributed by atoms with Crippen molar-refractivity contribution in [2.75, 3.05) is 19.7 Å². The summed E-state index contributed by atoms with van der Waals surface area (Å²) in [6, 6.07) is 0. The molecule has 1 N–H and O–H groups in total. The minimum atomic E-state index is 0.277. The van der Waals surface area contributed by atoms with Gasteiger partial charge in [0.2, 0.25) is 0 Å². The van der Waals surface area contributed by atoms with Crippen molar-refractivity contribution in [3.05, 3.63) is 0 Å². The van der Waals surface area contributed by atoms with Crippen molar-refractivity contribution in [3.63, 3.8) is 0 Å². The van der Waals surface area contributed by atoms with E-state index in [9.17, 15) is 0 Å². The van der Waals surface area contributed by atoms with Gasteiger partial charge in [-0.1, -0.05) is 18.6 Å². The van der Waals surface area contributed by atoms with Crippen LogP contribution in [0.15, 0.2) is 0 Å². The highest BCUT2D eigenvalue weighted by Crippen LogP contribution is 2.12. The zero-order valence-electron chi connectivity index (χ0n) is 7.46. The van der Waals surface area contributed by atoms with Crippen LogP contribution in [0, 0.1) is 0 Å². The Morgan fingerprint density at radius 1 is 1.33 bits per heavy atom. The first-order valence-electron chi connectivity index (χ1n) is 4.73. The molecule has 1 saturated heterocycles. The third-order valence-electron chi connectivity index (χ3n) is 2.26. The third kappa shape index (κ3) is 3.07. The highest BCUT2D eigenvalue weighted by Gasteiger charge is 2.11. The molecule has 0 aromatic heterocycles. The Labute approximate surface area is 79.6 Å². The van der Waals surface area contributed by atoms with Crippen LogP contribution in [0.3, 0.4) is 0 Å². The lowest BCUT2D eigenvalue weighted by atomic mass is 10.2. The summed E-state index contributed by atoms with van der Waals surface area (Å²) in [5, 5.41) is 8.68. The van der Waals surface area contributed by atoms with E-state index in [4.69, 9.17) is 17.3 Å². The Bertz CT molecular complexity index is 149. The summed E-state index contributed by atoms with van der Waals surface area (Å²) in [6.45, 7) is 2.31. The minimum absolute atomic E-state index is 0.277. The molecule has 3 heteroatoms.